The van der Waals surface area contributed by atoms with Crippen LogP contribution in [0.2, 0.25) is 5.02 Å². The van der Waals surface area contributed by atoms with Crippen molar-refractivity contribution in [3.63, 3.8) is 0 Å². The van der Waals surface area contributed by atoms with Crippen LogP contribution < -0.4 is 9.47 Å². The fraction of sp³-hybridized carbons (Fsp3) is 0.118. The molecule has 4 heteroatoms. The van der Waals surface area contributed by atoms with E-state index in [1.807, 2.05) is 42.5 Å². The number of hydrogen-bond acceptors (Lipinski definition) is 3. The highest BCUT2D eigenvalue weighted by Crippen LogP contribution is 2.25. The van der Waals surface area contributed by atoms with Crippen LogP contribution in [0.4, 0.5) is 0 Å². The van der Waals surface area contributed by atoms with Crippen molar-refractivity contribution in [3.8, 4) is 11.5 Å². The third-order valence-electron chi connectivity index (χ3n) is 3.22. The fourth-order valence-corrected chi connectivity index (χ4v) is 2.30. The SMILES string of the molecule is COc1cc(Cl)ccc1COc1ccc2cccnc2c1. The minimum atomic E-state index is 0.415. The molecule has 0 aliphatic carbocycles. The van der Waals surface area contributed by atoms with E-state index >= 15 is 0 Å². The number of hydrogen-bond donors (Lipinski definition) is 0. The third kappa shape index (κ3) is 3.09. The van der Waals surface area contributed by atoms with E-state index in [0.29, 0.717) is 11.6 Å². The molecule has 0 N–H and O–H groups in total. The first-order valence-electron chi connectivity index (χ1n) is 6.56. The number of ether oxygens (including phenoxy) is 2. The minimum Gasteiger partial charge on any atom is -0.496 e. The van der Waals surface area contributed by atoms with E-state index in [4.69, 9.17) is 21.1 Å². The maximum absolute atomic E-state index is 5.95. The van der Waals surface area contributed by atoms with E-state index in [1.165, 1.54) is 0 Å². The van der Waals surface area contributed by atoms with Crippen LogP contribution in [-0.2, 0) is 6.61 Å². The zero-order valence-corrected chi connectivity index (χ0v) is 12.3. The molecule has 3 nitrogen and oxygen atoms in total. The van der Waals surface area contributed by atoms with Crippen LogP contribution in [0.1, 0.15) is 5.56 Å². The highest BCUT2D eigenvalue weighted by atomic mass is 35.5. The first kappa shape index (κ1) is 13.7. The Morgan fingerprint density at radius 1 is 1.10 bits per heavy atom. The molecule has 0 spiro atoms. The second kappa shape index (κ2) is 6.02. The van der Waals surface area contributed by atoms with E-state index in [0.717, 1.165) is 28.0 Å². The van der Waals surface area contributed by atoms with Gasteiger partial charge in [0.25, 0.3) is 0 Å². The molecule has 2 aromatic carbocycles. The highest BCUT2D eigenvalue weighted by molar-refractivity contribution is 6.30. The van der Waals surface area contributed by atoms with Gasteiger partial charge in [-0.25, -0.2) is 0 Å². The van der Waals surface area contributed by atoms with Gasteiger partial charge in [-0.3, -0.25) is 4.98 Å². The van der Waals surface area contributed by atoms with Crippen molar-refractivity contribution in [2.45, 2.75) is 6.61 Å². The molecule has 0 saturated heterocycles. The summed E-state index contributed by atoms with van der Waals surface area (Å²) >= 11 is 5.95. The summed E-state index contributed by atoms with van der Waals surface area (Å²) in [6.07, 6.45) is 1.77. The van der Waals surface area contributed by atoms with Gasteiger partial charge in [-0.15, -0.1) is 0 Å². The first-order chi connectivity index (χ1) is 10.3. The Balaban J connectivity index is 1.80. The first-order valence-corrected chi connectivity index (χ1v) is 6.94. The van der Waals surface area contributed by atoms with Gasteiger partial charge < -0.3 is 9.47 Å². The van der Waals surface area contributed by atoms with Crippen molar-refractivity contribution >= 4 is 22.5 Å². The molecule has 1 aromatic heterocycles. The van der Waals surface area contributed by atoms with E-state index in [9.17, 15) is 0 Å². The number of nitrogens with zero attached hydrogens (tertiary/aromatic N) is 1. The zero-order chi connectivity index (χ0) is 14.7. The van der Waals surface area contributed by atoms with Gasteiger partial charge in [0, 0.05) is 28.2 Å². The van der Waals surface area contributed by atoms with E-state index in [-0.39, 0.29) is 0 Å². The van der Waals surface area contributed by atoms with Crippen LogP contribution in [0.5, 0.6) is 11.5 Å². The van der Waals surface area contributed by atoms with Crippen molar-refractivity contribution in [1.29, 1.82) is 0 Å². The van der Waals surface area contributed by atoms with Gasteiger partial charge in [-0.1, -0.05) is 23.7 Å². The van der Waals surface area contributed by atoms with E-state index in [1.54, 1.807) is 19.4 Å². The number of halogens is 1. The smallest absolute Gasteiger partial charge is 0.126 e. The number of pyridine rings is 1. The second-order valence-corrected chi connectivity index (χ2v) is 5.04. The van der Waals surface area contributed by atoms with Crippen LogP contribution in [-0.4, -0.2) is 12.1 Å². The Labute approximate surface area is 128 Å². The van der Waals surface area contributed by atoms with Crippen LogP contribution in [0.25, 0.3) is 10.9 Å². The molecule has 0 radical (unpaired) electrons. The highest BCUT2D eigenvalue weighted by Gasteiger charge is 2.05. The lowest BCUT2D eigenvalue weighted by molar-refractivity contribution is 0.297. The van der Waals surface area contributed by atoms with Crippen LogP contribution in [0.3, 0.4) is 0 Å². The molecular weight excluding hydrogens is 286 g/mol. The number of methoxy groups -OCH3 is 1. The lowest BCUT2D eigenvalue weighted by atomic mass is 10.2. The van der Waals surface area contributed by atoms with Crippen molar-refractivity contribution in [1.82, 2.24) is 4.98 Å². The third-order valence-corrected chi connectivity index (χ3v) is 3.46. The number of benzene rings is 2. The molecule has 3 rings (SSSR count). The molecule has 0 saturated carbocycles. The van der Waals surface area contributed by atoms with Crippen molar-refractivity contribution in [2.75, 3.05) is 7.11 Å². The summed E-state index contributed by atoms with van der Waals surface area (Å²) in [4.78, 5) is 4.32. The molecule has 0 fully saturated rings. The fourth-order valence-electron chi connectivity index (χ4n) is 2.13. The Kier molecular flexibility index (Phi) is 3.93. The molecule has 0 aliphatic rings. The van der Waals surface area contributed by atoms with Gasteiger partial charge in [0.05, 0.1) is 12.6 Å². The predicted molar refractivity (Wildman–Crippen MR) is 84.1 cm³/mol. The predicted octanol–water partition coefficient (Wildman–Crippen LogP) is 4.48. The molecule has 0 amide bonds. The van der Waals surface area contributed by atoms with Crippen molar-refractivity contribution in [2.24, 2.45) is 0 Å². The Morgan fingerprint density at radius 3 is 2.86 bits per heavy atom. The van der Waals surface area contributed by atoms with Gasteiger partial charge in [0.2, 0.25) is 0 Å². The summed E-state index contributed by atoms with van der Waals surface area (Å²) in [5, 5.41) is 1.74. The molecule has 0 bridgehead atoms. The Hall–Kier alpha value is -2.26. The van der Waals surface area contributed by atoms with Crippen LogP contribution in [0.15, 0.2) is 54.7 Å². The molecular formula is C17H14ClNO2. The van der Waals surface area contributed by atoms with Gasteiger partial charge in [-0.05, 0) is 30.3 Å². The molecule has 106 valence electrons. The van der Waals surface area contributed by atoms with Crippen molar-refractivity contribution < 1.29 is 9.47 Å². The molecule has 1 heterocycles. The van der Waals surface area contributed by atoms with E-state index in [2.05, 4.69) is 4.98 Å². The van der Waals surface area contributed by atoms with Gasteiger partial charge in [-0.2, -0.15) is 0 Å². The summed E-state index contributed by atoms with van der Waals surface area (Å²) in [5.74, 6) is 1.50. The Morgan fingerprint density at radius 2 is 2.00 bits per heavy atom. The molecule has 0 atom stereocenters. The lowest BCUT2D eigenvalue weighted by Gasteiger charge is -2.11. The number of rotatable bonds is 4. The van der Waals surface area contributed by atoms with Gasteiger partial charge >= 0.3 is 0 Å². The summed E-state index contributed by atoms with van der Waals surface area (Å²) in [6.45, 7) is 0.415. The maximum atomic E-state index is 5.95. The lowest BCUT2D eigenvalue weighted by Crippen LogP contribution is -1.98. The molecule has 3 aromatic rings. The topological polar surface area (TPSA) is 31.4 Å². The summed E-state index contributed by atoms with van der Waals surface area (Å²) in [5.41, 5.74) is 1.86. The van der Waals surface area contributed by atoms with Crippen molar-refractivity contribution in [3.05, 3.63) is 65.3 Å². The standard InChI is InChI=1S/C17H14ClNO2/c1-20-17-9-14(18)6-4-13(17)11-21-15-7-5-12-3-2-8-19-16(12)10-15/h2-10H,11H2,1H3. The molecule has 21 heavy (non-hydrogen) atoms. The number of aromatic nitrogens is 1. The monoisotopic (exact) mass is 299 g/mol. The average Bonchev–Trinajstić information content (AvgIpc) is 2.53. The quantitative estimate of drug-likeness (QED) is 0.712. The average molecular weight is 300 g/mol. The minimum absolute atomic E-state index is 0.415. The van der Waals surface area contributed by atoms with Gasteiger partial charge in [0.15, 0.2) is 0 Å². The zero-order valence-electron chi connectivity index (χ0n) is 11.5. The molecule has 0 aliphatic heterocycles. The normalized spacial score (nSPS) is 10.6. The van der Waals surface area contributed by atoms with Crippen LogP contribution >= 0.6 is 11.6 Å². The second-order valence-electron chi connectivity index (χ2n) is 4.60. The summed E-state index contributed by atoms with van der Waals surface area (Å²) in [6, 6.07) is 15.3. The molecule has 0 unspecified atom stereocenters. The summed E-state index contributed by atoms with van der Waals surface area (Å²) in [7, 11) is 1.62. The maximum Gasteiger partial charge on any atom is 0.126 e. The summed E-state index contributed by atoms with van der Waals surface area (Å²) < 4.78 is 11.1. The largest absolute Gasteiger partial charge is 0.496 e. The van der Waals surface area contributed by atoms with Gasteiger partial charge in [0.1, 0.15) is 18.1 Å². The van der Waals surface area contributed by atoms with E-state index < -0.39 is 0 Å². The number of fused-ring (bicyclic) bond motifs is 1. The Bertz CT molecular complexity index is 774. The van der Waals surface area contributed by atoms with Crippen LogP contribution in [0, 0.1) is 0 Å².